The van der Waals surface area contributed by atoms with Crippen LogP contribution in [0.4, 0.5) is 0 Å². The van der Waals surface area contributed by atoms with Crippen LogP contribution in [0.2, 0.25) is 0 Å². The topological polar surface area (TPSA) is 50.4 Å². The van der Waals surface area contributed by atoms with E-state index >= 15 is 0 Å². The van der Waals surface area contributed by atoms with E-state index in [-0.39, 0.29) is 23.7 Å². The van der Waals surface area contributed by atoms with Crippen LogP contribution in [0, 0.1) is 5.41 Å². The van der Waals surface area contributed by atoms with Crippen LogP contribution in [-0.4, -0.2) is 26.1 Å². The number of nitrogens with one attached hydrogen (secondary N) is 2. The molecule has 1 aliphatic rings. The number of halogens is 1. The summed E-state index contributed by atoms with van der Waals surface area (Å²) in [5.41, 5.74) is 0.788. The van der Waals surface area contributed by atoms with E-state index in [1.165, 1.54) is 0 Å². The van der Waals surface area contributed by atoms with Crippen molar-refractivity contribution in [2.75, 3.05) is 20.2 Å². The van der Waals surface area contributed by atoms with E-state index in [0.29, 0.717) is 6.54 Å². The Balaban J connectivity index is 0.00000180. The van der Waals surface area contributed by atoms with Crippen LogP contribution >= 0.6 is 12.4 Å². The Hall–Kier alpha value is -1.26. The van der Waals surface area contributed by atoms with E-state index in [1.54, 1.807) is 7.11 Å². The maximum Gasteiger partial charge on any atom is 0.227 e. The number of rotatable bonds is 4. The largest absolute Gasteiger partial charge is 0.497 e. The van der Waals surface area contributed by atoms with Gasteiger partial charge in [0.25, 0.3) is 0 Å². The molecule has 2 N–H and O–H groups in total. The van der Waals surface area contributed by atoms with Crippen LogP contribution in [0.25, 0.3) is 0 Å². The SMILES string of the molecule is COc1cccc(CNC(=O)C2(C)CCNC2)c1.Cl. The number of amides is 1. The molecular weight excluding hydrogens is 264 g/mol. The van der Waals surface area contributed by atoms with Gasteiger partial charge in [-0.25, -0.2) is 0 Å². The highest BCUT2D eigenvalue weighted by atomic mass is 35.5. The Morgan fingerprint density at radius 2 is 2.32 bits per heavy atom. The molecule has 0 spiro atoms. The molecule has 5 heteroatoms. The van der Waals surface area contributed by atoms with Crippen LogP contribution in [0.5, 0.6) is 5.75 Å². The summed E-state index contributed by atoms with van der Waals surface area (Å²) in [6, 6.07) is 7.75. The molecule has 1 amide bonds. The maximum atomic E-state index is 12.1. The van der Waals surface area contributed by atoms with Crippen LogP contribution < -0.4 is 15.4 Å². The minimum Gasteiger partial charge on any atom is -0.497 e. The molecule has 1 unspecified atom stereocenters. The minimum atomic E-state index is -0.265. The molecule has 1 aromatic rings. The summed E-state index contributed by atoms with van der Waals surface area (Å²) in [5.74, 6) is 0.936. The molecule has 0 radical (unpaired) electrons. The van der Waals surface area contributed by atoms with Crippen molar-refractivity contribution < 1.29 is 9.53 Å². The molecule has 0 aliphatic carbocycles. The first-order valence-corrected chi connectivity index (χ1v) is 6.26. The summed E-state index contributed by atoms with van der Waals surface area (Å²) >= 11 is 0. The van der Waals surface area contributed by atoms with Crippen LogP contribution in [0.1, 0.15) is 18.9 Å². The normalized spacial score (nSPS) is 21.6. The van der Waals surface area contributed by atoms with Crippen molar-refractivity contribution in [3.8, 4) is 5.75 Å². The molecule has 1 atom stereocenters. The summed E-state index contributed by atoms with van der Waals surface area (Å²) in [5, 5.41) is 6.23. The molecule has 4 nitrogen and oxygen atoms in total. The summed E-state index contributed by atoms with van der Waals surface area (Å²) < 4.78 is 5.16. The van der Waals surface area contributed by atoms with Gasteiger partial charge in [-0.3, -0.25) is 4.79 Å². The lowest BCUT2D eigenvalue weighted by Gasteiger charge is -2.21. The summed E-state index contributed by atoms with van der Waals surface area (Å²) in [7, 11) is 1.64. The Morgan fingerprint density at radius 1 is 1.53 bits per heavy atom. The van der Waals surface area contributed by atoms with Gasteiger partial charge in [-0.2, -0.15) is 0 Å². The van der Waals surface area contributed by atoms with Crippen molar-refractivity contribution in [1.29, 1.82) is 0 Å². The molecular formula is C14H21ClN2O2. The van der Waals surface area contributed by atoms with Gasteiger partial charge in [0.2, 0.25) is 5.91 Å². The Morgan fingerprint density at radius 3 is 2.95 bits per heavy atom. The van der Waals surface area contributed by atoms with Crippen molar-refractivity contribution in [2.45, 2.75) is 19.9 Å². The van der Waals surface area contributed by atoms with Crippen LogP contribution in [0.15, 0.2) is 24.3 Å². The van der Waals surface area contributed by atoms with E-state index in [9.17, 15) is 4.79 Å². The van der Waals surface area contributed by atoms with Gasteiger partial charge in [-0.05, 0) is 37.6 Å². The number of hydrogen-bond acceptors (Lipinski definition) is 3. The molecule has 19 heavy (non-hydrogen) atoms. The van der Waals surface area contributed by atoms with Gasteiger partial charge in [0.15, 0.2) is 0 Å². The first-order valence-electron chi connectivity index (χ1n) is 6.26. The number of methoxy groups -OCH3 is 1. The van der Waals surface area contributed by atoms with Gasteiger partial charge in [0.05, 0.1) is 12.5 Å². The van der Waals surface area contributed by atoms with Crippen molar-refractivity contribution in [2.24, 2.45) is 5.41 Å². The molecule has 0 saturated carbocycles. The molecule has 0 aromatic heterocycles. The number of ether oxygens (including phenoxy) is 1. The minimum absolute atomic E-state index is 0. The first-order chi connectivity index (χ1) is 8.64. The van der Waals surface area contributed by atoms with Crippen LogP contribution in [0.3, 0.4) is 0 Å². The van der Waals surface area contributed by atoms with Gasteiger partial charge < -0.3 is 15.4 Å². The predicted octanol–water partition coefficient (Wildman–Crippen LogP) is 1.73. The quantitative estimate of drug-likeness (QED) is 0.885. The Labute approximate surface area is 120 Å². The summed E-state index contributed by atoms with van der Waals surface area (Å²) in [6.07, 6.45) is 0.900. The Bertz CT molecular complexity index is 431. The number of hydrogen-bond donors (Lipinski definition) is 2. The fraction of sp³-hybridized carbons (Fsp3) is 0.500. The molecule has 1 aliphatic heterocycles. The predicted molar refractivity (Wildman–Crippen MR) is 77.7 cm³/mol. The zero-order valence-corrected chi connectivity index (χ0v) is 12.2. The van der Waals surface area contributed by atoms with Gasteiger partial charge in [0.1, 0.15) is 5.75 Å². The lowest BCUT2D eigenvalue weighted by molar-refractivity contribution is -0.129. The zero-order chi connectivity index (χ0) is 13.0. The van der Waals surface area contributed by atoms with Crippen molar-refractivity contribution in [3.05, 3.63) is 29.8 Å². The van der Waals surface area contributed by atoms with E-state index in [0.717, 1.165) is 30.8 Å². The second kappa shape index (κ2) is 6.78. The Kier molecular flexibility index (Phi) is 5.63. The standard InChI is InChI=1S/C14H20N2O2.ClH/c1-14(6-7-15-10-14)13(17)16-9-11-4-3-5-12(8-11)18-2;/h3-5,8,15H,6-7,9-10H2,1-2H3,(H,16,17);1H. The lowest BCUT2D eigenvalue weighted by atomic mass is 9.89. The van der Waals surface area contributed by atoms with Gasteiger partial charge in [-0.1, -0.05) is 12.1 Å². The third-order valence-electron chi connectivity index (χ3n) is 3.50. The molecule has 1 heterocycles. The highest BCUT2D eigenvalue weighted by Gasteiger charge is 2.35. The fourth-order valence-electron chi connectivity index (χ4n) is 2.19. The van der Waals surface area contributed by atoms with Gasteiger partial charge in [0, 0.05) is 13.1 Å². The first kappa shape index (κ1) is 15.8. The number of carbonyl (C=O) groups is 1. The lowest BCUT2D eigenvalue weighted by Crippen LogP contribution is -2.39. The van der Waals surface area contributed by atoms with E-state index in [2.05, 4.69) is 10.6 Å². The second-order valence-corrected chi connectivity index (χ2v) is 5.02. The smallest absolute Gasteiger partial charge is 0.227 e. The van der Waals surface area contributed by atoms with E-state index in [1.807, 2.05) is 31.2 Å². The van der Waals surface area contributed by atoms with Gasteiger partial charge in [-0.15, -0.1) is 12.4 Å². The summed E-state index contributed by atoms with van der Waals surface area (Å²) in [6.45, 7) is 4.24. The van der Waals surface area contributed by atoms with Crippen molar-refractivity contribution in [3.63, 3.8) is 0 Å². The maximum absolute atomic E-state index is 12.1. The molecule has 106 valence electrons. The zero-order valence-electron chi connectivity index (χ0n) is 11.4. The van der Waals surface area contributed by atoms with Crippen molar-refractivity contribution in [1.82, 2.24) is 10.6 Å². The highest BCUT2D eigenvalue weighted by molar-refractivity contribution is 5.85. The van der Waals surface area contributed by atoms with E-state index < -0.39 is 0 Å². The number of benzene rings is 1. The fourth-order valence-corrected chi connectivity index (χ4v) is 2.19. The summed E-state index contributed by atoms with van der Waals surface area (Å²) in [4.78, 5) is 12.1. The average molecular weight is 285 g/mol. The number of carbonyl (C=O) groups excluding carboxylic acids is 1. The van der Waals surface area contributed by atoms with Crippen LogP contribution in [-0.2, 0) is 11.3 Å². The third kappa shape index (κ3) is 3.85. The van der Waals surface area contributed by atoms with Crippen molar-refractivity contribution >= 4 is 18.3 Å². The molecule has 1 aromatic carbocycles. The second-order valence-electron chi connectivity index (χ2n) is 5.02. The van der Waals surface area contributed by atoms with Gasteiger partial charge >= 0.3 is 0 Å². The molecule has 0 bridgehead atoms. The molecule has 1 saturated heterocycles. The average Bonchev–Trinajstić information content (AvgIpc) is 2.84. The highest BCUT2D eigenvalue weighted by Crippen LogP contribution is 2.24. The molecule has 1 fully saturated rings. The van der Waals surface area contributed by atoms with E-state index in [4.69, 9.17) is 4.74 Å². The monoisotopic (exact) mass is 284 g/mol. The third-order valence-corrected chi connectivity index (χ3v) is 3.50. The molecule has 2 rings (SSSR count).